The standard InChI is InChI=1S/C18H31N7O2/c1-6-14(2)21-18(20-13-15(26)22(3)4)25-11-9-24(10-12-25)16-17(27)23(5)8-7-19-16/h7-8,14H,6,9-13H2,1-5H3,(H,20,21). The molecule has 0 spiro atoms. The van der Waals surface area contributed by atoms with Crippen molar-refractivity contribution in [3.8, 4) is 0 Å². The van der Waals surface area contributed by atoms with E-state index in [1.54, 1.807) is 43.0 Å². The van der Waals surface area contributed by atoms with Gasteiger partial charge in [-0.3, -0.25) is 9.59 Å². The van der Waals surface area contributed by atoms with Gasteiger partial charge in [-0.05, 0) is 13.3 Å². The van der Waals surface area contributed by atoms with E-state index < -0.39 is 0 Å². The molecular weight excluding hydrogens is 346 g/mol. The van der Waals surface area contributed by atoms with Crippen molar-refractivity contribution in [1.29, 1.82) is 0 Å². The lowest BCUT2D eigenvalue weighted by Crippen LogP contribution is -2.55. The molecule has 9 nitrogen and oxygen atoms in total. The highest BCUT2D eigenvalue weighted by Gasteiger charge is 2.23. The number of amides is 1. The Kier molecular flexibility index (Phi) is 7.20. The van der Waals surface area contributed by atoms with Gasteiger partial charge in [-0.25, -0.2) is 9.98 Å². The minimum atomic E-state index is -0.0887. The van der Waals surface area contributed by atoms with Crippen LogP contribution in [-0.4, -0.2) is 84.1 Å². The highest BCUT2D eigenvalue weighted by atomic mass is 16.2. The Morgan fingerprint density at radius 1 is 1.33 bits per heavy atom. The fourth-order valence-corrected chi connectivity index (χ4v) is 2.67. The maximum absolute atomic E-state index is 12.3. The summed E-state index contributed by atoms with van der Waals surface area (Å²) in [6.07, 6.45) is 4.27. The second kappa shape index (κ2) is 9.38. The normalized spacial score (nSPS) is 16.3. The number of hydrogen-bond acceptors (Lipinski definition) is 5. The van der Waals surface area contributed by atoms with Gasteiger partial charge in [0.05, 0.1) is 0 Å². The van der Waals surface area contributed by atoms with Crippen LogP contribution in [0.3, 0.4) is 0 Å². The first-order valence-corrected chi connectivity index (χ1v) is 9.36. The van der Waals surface area contributed by atoms with Crippen molar-refractivity contribution < 1.29 is 4.79 Å². The molecule has 1 amide bonds. The Balaban J connectivity index is 2.08. The van der Waals surface area contributed by atoms with Gasteiger partial charge in [0.2, 0.25) is 5.91 Å². The van der Waals surface area contributed by atoms with Gasteiger partial charge in [-0.1, -0.05) is 6.92 Å². The molecule has 0 aromatic carbocycles. The molecule has 9 heteroatoms. The summed E-state index contributed by atoms with van der Waals surface area (Å²) in [5, 5.41) is 3.41. The molecule has 1 atom stereocenters. The Morgan fingerprint density at radius 3 is 2.59 bits per heavy atom. The van der Waals surface area contributed by atoms with Crippen molar-refractivity contribution in [2.75, 3.05) is 51.7 Å². The van der Waals surface area contributed by atoms with E-state index in [9.17, 15) is 9.59 Å². The van der Waals surface area contributed by atoms with E-state index in [0.29, 0.717) is 32.0 Å². The summed E-state index contributed by atoms with van der Waals surface area (Å²) in [6.45, 7) is 7.08. The molecule has 0 bridgehead atoms. The van der Waals surface area contributed by atoms with Gasteiger partial charge in [0, 0.05) is 65.8 Å². The van der Waals surface area contributed by atoms with Gasteiger partial charge >= 0.3 is 0 Å². The van der Waals surface area contributed by atoms with Crippen LogP contribution in [0.2, 0.25) is 0 Å². The maximum atomic E-state index is 12.3. The Hall–Kier alpha value is -2.58. The van der Waals surface area contributed by atoms with E-state index in [4.69, 9.17) is 0 Å². The lowest BCUT2D eigenvalue weighted by molar-refractivity contribution is -0.127. The quantitative estimate of drug-likeness (QED) is 0.562. The van der Waals surface area contributed by atoms with Crippen LogP contribution in [0.4, 0.5) is 5.82 Å². The molecule has 1 aromatic heterocycles. The zero-order valence-electron chi connectivity index (χ0n) is 17.0. The van der Waals surface area contributed by atoms with E-state index in [0.717, 1.165) is 12.4 Å². The Bertz CT molecular complexity index is 721. The zero-order chi connectivity index (χ0) is 20.0. The van der Waals surface area contributed by atoms with Crippen molar-refractivity contribution in [3.63, 3.8) is 0 Å². The number of carbonyl (C=O) groups is 1. The van der Waals surface area contributed by atoms with Crippen LogP contribution < -0.4 is 15.8 Å². The molecule has 2 rings (SSSR count). The van der Waals surface area contributed by atoms with Crippen molar-refractivity contribution in [2.24, 2.45) is 12.0 Å². The van der Waals surface area contributed by atoms with Crippen LogP contribution >= 0.6 is 0 Å². The molecule has 0 saturated carbocycles. The summed E-state index contributed by atoms with van der Waals surface area (Å²) in [5.41, 5.74) is -0.0887. The number of hydrogen-bond donors (Lipinski definition) is 1. The largest absolute Gasteiger partial charge is 0.354 e. The summed E-state index contributed by atoms with van der Waals surface area (Å²) >= 11 is 0. The molecule has 1 aromatic rings. The van der Waals surface area contributed by atoms with Crippen LogP contribution in [0.5, 0.6) is 0 Å². The van der Waals surface area contributed by atoms with E-state index in [1.165, 1.54) is 0 Å². The first-order chi connectivity index (χ1) is 12.8. The number of guanidine groups is 1. The average molecular weight is 377 g/mol. The minimum absolute atomic E-state index is 0.0333. The van der Waals surface area contributed by atoms with E-state index in [2.05, 4.69) is 34.0 Å². The number of nitrogens with zero attached hydrogens (tertiary/aromatic N) is 6. The van der Waals surface area contributed by atoms with Crippen LogP contribution in [0, 0.1) is 0 Å². The Labute approximate surface area is 160 Å². The van der Waals surface area contributed by atoms with Crippen LogP contribution in [-0.2, 0) is 11.8 Å². The molecule has 2 heterocycles. The minimum Gasteiger partial charge on any atom is -0.354 e. The number of aromatic nitrogens is 2. The SMILES string of the molecule is CCC(C)NC(=NCC(=O)N(C)C)N1CCN(c2nccn(C)c2=O)CC1. The Morgan fingerprint density at radius 2 is 2.00 bits per heavy atom. The third-order valence-electron chi connectivity index (χ3n) is 4.73. The molecule has 0 radical (unpaired) electrons. The third kappa shape index (κ3) is 5.45. The summed E-state index contributed by atoms with van der Waals surface area (Å²) in [4.78, 5) is 38.6. The van der Waals surface area contributed by atoms with Crippen LogP contribution in [0.1, 0.15) is 20.3 Å². The number of piperazine rings is 1. The van der Waals surface area contributed by atoms with Gasteiger partial charge < -0.3 is 24.6 Å². The number of aryl methyl sites for hydroxylation is 1. The summed E-state index contributed by atoms with van der Waals surface area (Å²) in [7, 11) is 5.18. The number of likely N-dealkylation sites (N-methyl/N-ethyl adjacent to an activating group) is 1. The smallest absolute Gasteiger partial charge is 0.293 e. The summed E-state index contributed by atoms with van der Waals surface area (Å²) < 4.78 is 1.54. The van der Waals surface area contributed by atoms with Gasteiger partial charge in [-0.2, -0.15) is 0 Å². The molecule has 1 unspecified atom stereocenters. The van der Waals surface area contributed by atoms with Crippen molar-refractivity contribution in [1.82, 2.24) is 24.7 Å². The topological polar surface area (TPSA) is 86.1 Å². The predicted molar refractivity (Wildman–Crippen MR) is 107 cm³/mol. The third-order valence-corrected chi connectivity index (χ3v) is 4.73. The highest BCUT2D eigenvalue weighted by Crippen LogP contribution is 2.09. The second-order valence-corrected chi connectivity index (χ2v) is 7.02. The molecule has 1 fully saturated rings. The maximum Gasteiger partial charge on any atom is 0.293 e. The molecule has 150 valence electrons. The number of anilines is 1. The van der Waals surface area contributed by atoms with Crippen LogP contribution in [0.25, 0.3) is 0 Å². The number of carbonyl (C=O) groups excluding carboxylic acids is 1. The monoisotopic (exact) mass is 377 g/mol. The van der Waals surface area contributed by atoms with Gasteiger partial charge in [-0.15, -0.1) is 0 Å². The molecule has 1 aliphatic heterocycles. The number of rotatable bonds is 5. The van der Waals surface area contributed by atoms with Crippen LogP contribution in [0.15, 0.2) is 22.2 Å². The van der Waals surface area contributed by atoms with E-state index in [1.807, 2.05) is 4.90 Å². The number of nitrogens with one attached hydrogen (secondary N) is 1. The fourth-order valence-electron chi connectivity index (χ4n) is 2.67. The average Bonchev–Trinajstić information content (AvgIpc) is 2.66. The van der Waals surface area contributed by atoms with Gasteiger partial charge in [0.15, 0.2) is 11.8 Å². The molecule has 1 aliphatic rings. The first kappa shape index (κ1) is 20.7. The first-order valence-electron chi connectivity index (χ1n) is 9.36. The molecule has 0 aliphatic carbocycles. The lowest BCUT2D eigenvalue weighted by Gasteiger charge is -2.37. The van der Waals surface area contributed by atoms with Crippen molar-refractivity contribution in [3.05, 3.63) is 22.7 Å². The second-order valence-electron chi connectivity index (χ2n) is 7.02. The fraction of sp³-hybridized carbons (Fsp3) is 0.667. The summed E-state index contributed by atoms with van der Waals surface area (Å²) in [6, 6.07) is 0.263. The molecule has 27 heavy (non-hydrogen) atoms. The number of aliphatic imine (C=N–C) groups is 1. The van der Waals surface area contributed by atoms with Gasteiger partial charge in [0.25, 0.3) is 5.56 Å². The predicted octanol–water partition coefficient (Wildman–Crippen LogP) is -0.265. The van der Waals surface area contributed by atoms with E-state index >= 15 is 0 Å². The van der Waals surface area contributed by atoms with E-state index in [-0.39, 0.29) is 24.1 Å². The molecular formula is C18H31N7O2. The summed E-state index contributed by atoms with van der Waals surface area (Å²) in [5.74, 6) is 1.19. The highest BCUT2D eigenvalue weighted by molar-refractivity contribution is 5.85. The zero-order valence-corrected chi connectivity index (χ0v) is 17.0. The molecule has 1 saturated heterocycles. The van der Waals surface area contributed by atoms with Crippen molar-refractivity contribution >= 4 is 17.7 Å². The van der Waals surface area contributed by atoms with Gasteiger partial charge in [0.1, 0.15) is 6.54 Å². The lowest BCUT2D eigenvalue weighted by atomic mass is 10.2. The molecule has 1 N–H and O–H groups in total. The van der Waals surface area contributed by atoms with Crippen molar-refractivity contribution in [2.45, 2.75) is 26.3 Å².